The number of ketones is 2. The van der Waals surface area contributed by atoms with Gasteiger partial charge in [0.1, 0.15) is 0 Å². The number of nitrogens with one attached hydrogen (secondary N) is 1. The number of hydrogen-bond acceptors (Lipinski definition) is 5. The van der Waals surface area contributed by atoms with Crippen molar-refractivity contribution >= 4 is 22.5 Å². The van der Waals surface area contributed by atoms with Crippen LogP contribution in [0.25, 0.3) is 22.2 Å². The van der Waals surface area contributed by atoms with Gasteiger partial charge in [-0.15, -0.1) is 0 Å². The van der Waals surface area contributed by atoms with E-state index in [1.807, 2.05) is 24.3 Å². The highest BCUT2D eigenvalue weighted by molar-refractivity contribution is 6.22. The number of nitrogens with zero attached hydrogens (tertiary/aromatic N) is 2. The topological polar surface area (TPSA) is 99.8 Å². The van der Waals surface area contributed by atoms with Crippen LogP contribution in [-0.4, -0.2) is 21.5 Å². The van der Waals surface area contributed by atoms with Crippen LogP contribution in [0.5, 0.6) is 0 Å². The van der Waals surface area contributed by atoms with Crippen LogP contribution in [-0.2, 0) is 0 Å². The Morgan fingerprint density at radius 1 is 1.11 bits per heavy atom. The Morgan fingerprint density at radius 2 is 1.86 bits per heavy atom. The summed E-state index contributed by atoms with van der Waals surface area (Å²) in [6.07, 6.45) is 2.89. The number of oxazole rings is 1. The van der Waals surface area contributed by atoms with E-state index in [2.05, 4.69) is 9.97 Å². The number of aromatic amines is 1. The van der Waals surface area contributed by atoms with Crippen molar-refractivity contribution in [2.75, 3.05) is 0 Å². The van der Waals surface area contributed by atoms with Gasteiger partial charge in [-0.05, 0) is 13.0 Å². The van der Waals surface area contributed by atoms with Crippen molar-refractivity contribution in [1.82, 2.24) is 9.97 Å². The van der Waals surface area contributed by atoms with Crippen LogP contribution < -0.4 is 0 Å². The van der Waals surface area contributed by atoms with Gasteiger partial charge in [-0.2, -0.15) is 5.26 Å². The minimum absolute atomic E-state index is 0.292. The number of carbonyl (C=O) groups excluding carboxylic acids is 2. The molecule has 28 heavy (non-hydrogen) atoms. The van der Waals surface area contributed by atoms with Gasteiger partial charge in [-0.25, -0.2) is 4.98 Å². The van der Waals surface area contributed by atoms with Crippen molar-refractivity contribution < 1.29 is 14.0 Å². The van der Waals surface area contributed by atoms with Crippen LogP contribution in [0.15, 0.2) is 65.5 Å². The SMILES string of the molecule is Cc1[nH]c2ccccc2c1C(=O)[C@H](C#N)C(=O)c1ccc(-c2cnco2)cc1. The van der Waals surface area contributed by atoms with Crippen molar-refractivity contribution in [2.24, 2.45) is 5.92 Å². The molecule has 0 aliphatic carbocycles. The Labute approximate surface area is 160 Å². The molecule has 0 saturated heterocycles. The van der Waals surface area contributed by atoms with E-state index in [1.165, 1.54) is 6.39 Å². The van der Waals surface area contributed by atoms with Crippen LogP contribution in [0, 0.1) is 24.2 Å². The van der Waals surface area contributed by atoms with Crippen LogP contribution in [0.2, 0.25) is 0 Å². The molecular weight excluding hydrogens is 354 g/mol. The standard InChI is InChI=1S/C22H15N3O3/c1-13-20(16-4-2-3-5-18(16)25-13)22(27)17(10-23)21(26)15-8-6-14(7-9-15)19-11-24-12-28-19/h2-9,11-12,17,25H,1H3/t17-/m1/s1. The molecule has 2 aromatic carbocycles. The number of aryl methyl sites for hydroxylation is 1. The van der Waals surface area contributed by atoms with Gasteiger partial charge >= 0.3 is 0 Å². The van der Waals surface area contributed by atoms with E-state index < -0.39 is 17.5 Å². The van der Waals surface area contributed by atoms with Gasteiger partial charge in [0.25, 0.3) is 0 Å². The molecule has 6 nitrogen and oxygen atoms in total. The van der Waals surface area contributed by atoms with Crippen molar-refractivity contribution in [2.45, 2.75) is 6.92 Å². The first-order valence-corrected chi connectivity index (χ1v) is 8.64. The second kappa shape index (κ2) is 6.97. The maximum absolute atomic E-state index is 13.1. The lowest BCUT2D eigenvalue weighted by atomic mass is 9.89. The summed E-state index contributed by atoms with van der Waals surface area (Å²) in [5.74, 6) is -1.86. The average Bonchev–Trinajstić information content (AvgIpc) is 3.35. The van der Waals surface area contributed by atoms with E-state index in [9.17, 15) is 14.9 Å². The second-order valence-corrected chi connectivity index (χ2v) is 6.40. The number of benzene rings is 2. The third kappa shape index (κ3) is 2.89. The van der Waals surface area contributed by atoms with Gasteiger partial charge in [0, 0.05) is 33.3 Å². The first kappa shape index (κ1) is 17.4. The number of rotatable bonds is 5. The monoisotopic (exact) mass is 369 g/mol. The summed E-state index contributed by atoms with van der Waals surface area (Å²) < 4.78 is 5.22. The lowest BCUT2D eigenvalue weighted by molar-refractivity contribution is 0.0846. The molecule has 4 rings (SSSR count). The van der Waals surface area contributed by atoms with Gasteiger partial charge in [0.05, 0.1) is 12.3 Å². The Bertz CT molecular complexity index is 1210. The average molecular weight is 369 g/mol. The Morgan fingerprint density at radius 3 is 2.54 bits per heavy atom. The Kier molecular flexibility index (Phi) is 4.34. The quantitative estimate of drug-likeness (QED) is 0.417. The molecule has 0 amide bonds. The molecule has 2 heterocycles. The number of H-pyrrole nitrogens is 1. The largest absolute Gasteiger partial charge is 0.444 e. The van der Waals surface area contributed by atoms with E-state index in [4.69, 9.17) is 4.42 Å². The van der Waals surface area contributed by atoms with Crippen molar-refractivity contribution in [3.05, 3.63) is 77.9 Å². The zero-order chi connectivity index (χ0) is 19.7. The fraction of sp³-hybridized carbons (Fsp3) is 0.0909. The van der Waals surface area contributed by atoms with Crippen LogP contribution in [0.1, 0.15) is 26.4 Å². The molecule has 0 unspecified atom stereocenters. The van der Waals surface area contributed by atoms with Gasteiger partial charge in [-0.3, -0.25) is 9.59 Å². The minimum Gasteiger partial charge on any atom is -0.444 e. The highest BCUT2D eigenvalue weighted by Crippen LogP contribution is 2.26. The lowest BCUT2D eigenvalue weighted by Gasteiger charge is -2.08. The maximum Gasteiger partial charge on any atom is 0.190 e. The molecule has 0 saturated carbocycles. The number of hydrogen-bond donors (Lipinski definition) is 1. The zero-order valence-corrected chi connectivity index (χ0v) is 15.0. The lowest BCUT2D eigenvalue weighted by Crippen LogP contribution is -2.23. The number of aromatic nitrogens is 2. The van der Waals surface area contributed by atoms with Crippen molar-refractivity contribution in [3.8, 4) is 17.4 Å². The predicted molar refractivity (Wildman–Crippen MR) is 103 cm³/mol. The molecule has 0 aliphatic heterocycles. The highest BCUT2D eigenvalue weighted by Gasteiger charge is 2.31. The molecule has 4 aromatic rings. The fourth-order valence-corrected chi connectivity index (χ4v) is 3.30. The third-order valence-corrected chi connectivity index (χ3v) is 4.68. The molecule has 6 heteroatoms. The van der Waals surface area contributed by atoms with Gasteiger partial charge in [0.15, 0.2) is 29.6 Å². The summed E-state index contributed by atoms with van der Waals surface area (Å²) in [5.41, 5.74) is 2.86. The number of carbonyl (C=O) groups is 2. The summed E-state index contributed by atoms with van der Waals surface area (Å²) in [7, 11) is 0. The number of para-hydroxylation sites is 1. The highest BCUT2D eigenvalue weighted by atomic mass is 16.3. The van der Waals surface area contributed by atoms with Crippen LogP contribution in [0.3, 0.4) is 0 Å². The van der Waals surface area contributed by atoms with Gasteiger partial charge in [0.2, 0.25) is 0 Å². The Balaban J connectivity index is 1.66. The smallest absolute Gasteiger partial charge is 0.190 e. The van der Waals surface area contributed by atoms with Crippen LogP contribution >= 0.6 is 0 Å². The number of fused-ring (bicyclic) bond motifs is 1. The molecule has 2 aromatic heterocycles. The first-order chi connectivity index (χ1) is 13.6. The molecule has 0 aliphatic rings. The van der Waals surface area contributed by atoms with Crippen LogP contribution in [0.4, 0.5) is 0 Å². The molecule has 0 bridgehead atoms. The van der Waals surface area contributed by atoms with Gasteiger partial charge < -0.3 is 9.40 Å². The molecule has 0 radical (unpaired) electrons. The van der Waals surface area contributed by atoms with E-state index in [-0.39, 0.29) is 0 Å². The maximum atomic E-state index is 13.1. The third-order valence-electron chi connectivity index (χ3n) is 4.68. The number of nitriles is 1. The summed E-state index contributed by atoms with van der Waals surface area (Å²) in [4.78, 5) is 32.9. The normalized spacial score (nSPS) is 11.9. The van der Waals surface area contributed by atoms with E-state index in [0.29, 0.717) is 28.0 Å². The number of Topliss-reactive ketones (excluding diaryl/α,β-unsaturated/α-hetero) is 2. The van der Waals surface area contributed by atoms with E-state index >= 15 is 0 Å². The predicted octanol–water partition coefficient (Wildman–Crippen LogP) is 4.34. The van der Waals surface area contributed by atoms with E-state index in [0.717, 1.165) is 11.1 Å². The zero-order valence-electron chi connectivity index (χ0n) is 15.0. The fourth-order valence-electron chi connectivity index (χ4n) is 3.30. The molecule has 0 fully saturated rings. The second-order valence-electron chi connectivity index (χ2n) is 6.40. The first-order valence-electron chi connectivity index (χ1n) is 8.64. The van der Waals surface area contributed by atoms with Crippen molar-refractivity contribution in [1.29, 1.82) is 5.26 Å². The van der Waals surface area contributed by atoms with Gasteiger partial charge in [-0.1, -0.05) is 42.5 Å². The summed E-state index contributed by atoms with van der Waals surface area (Å²) in [5, 5.41) is 10.3. The molecule has 1 N–H and O–H groups in total. The summed E-state index contributed by atoms with van der Waals surface area (Å²) in [6.45, 7) is 1.76. The molecule has 136 valence electrons. The van der Waals surface area contributed by atoms with E-state index in [1.54, 1.807) is 43.5 Å². The minimum atomic E-state index is -1.41. The Hall–Kier alpha value is -3.98. The molecular formula is C22H15N3O3. The van der Waals surface area contributed by atoms with Crippen molar-refractivity contribution in [3.63, 3.8) is 0 Å². The molecule has 0 spiro atoms. The summed E-state index contributed by atoms with van der Waals surface area (Å²) >= 11 is 0. The summed E-state index contributed by atoms with van der Waals surface area (Å²) in [6, 6.07) is 15.8. The molecule has 1 atom stereocenters.